The van der Waals surface area contributed by atoms with E-state index in [1.807, 2.05) is 13.8 Å². The van der Waals surface area contributed by atoms with E-state index in [-0.39, 0.29) is 6.04 Å². The van der Waals surface area contributed by atoms with E-state index in [1.54, 1.807) is 4.68 Å². The summed E-state index contributed by atoms with van der Waals surface area (Å²) in [4.78, 5) is 0. The van der Waals surface area contributed by atoms with Crippen molar-refractivity contribution in [3.05, 3.63) is 10.8 Å². The summed E-state index contributed by atoms with van der Waals surface area (Å²) in [5.41, 5.74) is 0.928. The molecule has 13 heavy (non-hydrogen) atoms. The van der Waals surface area contributed by atoms with Gasteiger partial charge in [-0.25, -0.2) is 4.68 Å². The first-order valence-electron chi connectivity index (χ1n) is 4.76. The molecule has 1 aromatic heterocycles. The zero-order chi connectivity index (χ0) is 9.84. The first-order chi connectivity index (χ1) is 6.16. The van der Waals surface area contributed by atoms with Crippen LogP contribution >= 0.6 is 11.6 Å². The summed E-state index contributed by atoms with van der Waals surface area (Å²) in [6, 6.07) is 0.287. The molecular formula is C9H16ClN3. The van der Waals surface area contributed by atoms with Crippen molar-refractivity contribution < 1.29 is 0 Å². The van der Waals surface area contributed by atoms with Crippen molar-refractivity contribution in [3.8, 4) is 0 Å². The van der Waals surface area contributed by atoms with Crippen LogP contribution in [0.5, 0.6) is 0 Å². The van der Waals surface area contributed by atoms with Crippen molar-refractivity contribution in [1.82, 2.24) is 15.0 Å². The first-order valence-corrected chi connectivity index (χ1v) is 5.14. The number of nitrogens with zero attached hydrogens (tertiary/aromatic N) is 3. The minimum Gasteiger partial charge on any atom is -0.231 e. The van der Waals surface area contributed by atoms with Crippen LogP contribution in [0.1, 0.15) is 45.3 Å². The molecule has 0 aromatic carbocycles. The van der Waals surface area contributed by atoms with E-state index >= 15 is 0 Å². The number of hydrogen-bond acceptors (Lipinski definition) is 2. The zero-order valence-electron chi connectivity index (χ0n) is 8.42. The van der Waals surface area contributed by atoms with Crippen LogP contribution in [0.2, 0.25) is 5.15 Å². The highest BCUT2D eigenvalue weighted by Gasteiger charge is 2.11. The van der Waals surface area contributed by atoms with E-state index < -0.39 is 0 Å². The molecule has 1 heterocycles. The second kappa shape index (κ2) is 4.61. The summed E-state index contributed by atoms with van der Waals surface area (Å²) < 4.78 is 1.76. The van der Waals surface area contributed by atoms with E-state index in [0.717, 1.165) is 25.0 Å². The van der Waals surface area contributed by atoms with Gasteiger partial charge in [0.1, 0.15) is 5.69 Å². The molecule has 0 fully saturated rings. The lowest BCUT2D eigenvalue weighted by Gasteiger charge is -2.04. The van der Waals surface area contributed by atoms with Crippen molar-refractivity contribution >= 4 is 11.6 Å². The molecule has 0 amide bonds. The molecule has 0 atom stereocenters. The lowest BCUT2D eigenvalue weighted by Crippen LogP contribution is -2.02. The van der Waals surface area contributed by atoms with Crippen LogP contribution in [0.3, 0.4) is 0 Å². The topological polar surface area (TPSA) is 30.7 Å². The van der Waals surface area contributed by atoms with Gasteiger partial charge in [-0.2, -0.15) is 0 Å². The van der Waals surface area contributed by atoms with Gasteiger partial charge < -0.3 is 0 Å². The van der Waals surface area contributed by atoms with Crippen LogP contribution in [0.15, 0.2) is 0 Å². The van der Waals surface area contributed by atoms with Gasteiger partial charge in [0.15, 0.2) is 5.15 Å². The van der Waals surface area contributed by atoms with Crippen LogP contribution in [0.25, 0.3) is 0 Å². The molecule has 0 saturated carbocycles. The van der Waals surface area contributed by atoms with Crippen molar-refractivity contribution in [3.63, 3.8) is 0 Å². The maximum Gasteiger partial charge on any atom is 0.150 e. The fraction of sp³-hybridized carbons (Fsp3) is 0.778. The lowest BCUT2D eigenvalue weighted by atomic mass is 10.2. The molecule has 0 aliphatic rings. The molecule has 1 aromatic rings. The van der Waals surface area contributed by atoms with Gasteiger partial charge in [-0.05, 0) is 26.7 Å². The number of rotatable bonds is 4. The van der Waals surface area contributed by atoms with E-state index in [2.05, 4.69) is 17.2 Å². The van der Waals surface area contributed by atoms with Crippen LogP contribution < -0.4 is 0 Å². The summed E-state index contributed by atoms with van der Waals surface area (Å²) in [5.74, 6) is 0. The Labute approximate surface area is 84.1 Å². The lowest BCUT2D eigenvalue weighted by molar-refractivity contribution is 0.514. The number of unbranched alkanes of at least 4 members (excludes halogenated alkanes) is 1. The molecule has 0 saturated heterocycles. The summed E-state index contributed by atoms with van der Waals surface area (Å²) in [6.07, 6.45) is 3.21. The molecule has 0 aliphatic heterocycles. The van der Waals surface area contributed by atoms with Crippen LogP contribution in [0, 0.1) is 0 Å². The highest BCUT2D eigenvalue weighted by molar-refractivity contribution is 6.30. The van der Waals surface area contributed by atoms with Crippen LogP contribution in [-0.4, -0.2) is 15.0 Å². The summed E-state index contributed by atoms with van der Waals surface area (Å²) in [5, 5.41) is 8.76. The maximum atomic E-state index is 6.09. The van der Waals surface area contributed by atoms with Crippen LogP contribution in [0.4, 0.5) is 0 Å². The fourth-order valence-electron chi connectivity index (χ4n) is 1.14. The van der Waals surface area contributed by atoms with Gasteiger partial charge in [-0.1, -0.05) is 30.2 Å². The molecular weight excluding hydrogens is 186 g/mol. The van der Waals surface area contributed by atoms with E-state index in [9.17, 15) is 0 Å². The second-order valence-electron chi connectivity index (χ2n) is 3.47. The van der Waals surface area contributed by atoms with Crippen molar-refractivity contribution in [2.24, 2.45) is 0 Å². The monoisotopic (exact) mass is 201 g/mol. The molecule has 74 valence electrons. The maximum absolute atomic E-state index is 6.09. The molecule has 0 aliphatic carbocycles. The van der Waals surface area contributed by atoms with E-state index in [0.29, 0.717) is 5.15 Å². The van der Waals surface area contributed by atoms with Crippen molar-refractivity contribution in [1.29, 1.82) is 0 Å². The molecule has 0 unspecified atom stereocenters. The molecule has 0 spiro atoms. The Morgan fingerprint density at radius 1 is 1.46 bits per heavy atom. The average molecular weight is 202 g/mol. The number of halogens is 1. The highest BCUT2D eigenvalue weighted by atomic mass is 35.5. The van der Waals surface area contributed by atoms with Gasteiger partial charge in [-0.15, -0.1) is 5.10 Å². The Morgan fingerprint density at radius 3 is 2.62 bits per heavy atom. The summed E-state index contributed by atoms with van der Waals surface area (Å²) >= 11 is 6.09. The highest BCUT2D eigenvalue weighted by Crippen LogP contribution is 2.18. The van der Waals surface area contributed by atoms with E-state index in [4.69, 9.17) is 11.6 Å². The Hall–Kier alpha value is -0.570. The Balaban J connectivity index is 2.74. The normalized spacial score (nSPS) is 11.2. The van der Waals surface area contributed by atoms with Crippen LogP contribution in [-0.2, 0) is 6.42 Å². The number of aryl methyl sites for hydroxylation is 1. The van der Waals surface area contributed by atoms with Gasteiger partial charge in [0.05, 0.1) is 0 Å². The Kier molecular flexibility index (Phi) is 3.72. The van der Waals surface area contributed by atoms with Crippen molar-refractivity contribution in [2.75, 3.05) is 0 Å². The molecule has 1 rings (SSSR count). The predicted molar refractivity (Wildman–Crippen MR) is 54.0 cm³/mol. The van der Waals surface area contributed by atoms with Crippen molar-refractivity contribution in [2.45, 2.75) is 46.1 Å². The first kappa shape index (κ1) is 10.5. The second-order valence-corrected chi connectivity index (χ2v) is 3.83. The minimum absolute atomic E-state index is 0.287. The van der Waals surface area contributed by atoms with Gasteiger partial charge >= 0.3 is 0 Å². The Bertz CT molecular complexity index is 268. The van der Waals surface area contributed by atoms with Gasteiger partial charge in [0, 0.05) is 6.04 Å². The Morgan fingerprint density at radius 2 is 2.15 bits per heavy atom. The quantitative estimate of drug-likeness (QED) is 0.750. The molecule has 0 radical (unpaired) electrons. The average Bonchev–Trinajstić information content (AvgIpc) is 2.43. The third-order valence-corrected chi connectivity index (χ3v) is 2.35. The molecule has 4 heteroatoms. The van der Waals surface area contributed by atoms with Gasteiger partial charge in [-0.3, -0.25) is 0 Å². The standard InChI is InChI=1S/C9H16ClN3/c1-4-5-6-8-9(10)13(7(2)3)12-11-8/h7H,4-6H2,1-3H3. The van der Waals surface area contributed by atoms with Gasteiger partial charge in [0.2, 0.25) is 0 Å². The minimum atomic E-state index is 0.287. The smallest absolute Gasteiger partial charge is 0.150 e. The molecule has 0 N–H and O–H groups in total. The fourth-order valence-corrected chi connectivity index (χ4v) is 1.50. The predicted octanol–water partition coefficient (Wildman–Crippen LogP) is 2.86. The SMILES string of the molecule is CCCCc1nnn(C(C)C)c1Cl. The largest absolute Gasteiger partial charge is 0.231 e. The van der Waals surface area contributed by atoms with E-state index in [1.165, 1.54) is 0 Å². The third-order valence-electron chi connectivity index (χ3n) is 1.96. The number of aromatic nitrogens is 3. The van der Waals surface area contributed by atoms with Gasteiger partial charge in [0.25, 0.3) is 0 Å². The summed E-state index contributed by atoms with van der Waals surface area (Å²) in [7, 11) is 0. The third kappa shape index (κ3) is 2.44. The molecule has 3 nitrogen and oxygen atoms in total. The number of hydrogen-bond donors (Lipinski definition) is 0. The summed E-state index contributed by atoms with van der Waals surface area (Å²) in [6.45, 7) is 6.25. The zero-order valence-corrected chi connectivity index (χ0v) is 9.17. The molecule has 0 bridgehead atoms.